The molecule has 0 aromatic carbocycles. The Morgan fingerprint density at radius 2 is 1.73 bits per heavy atom. The van der Waals surface area contributed by atoms with Crippen LogP contribution in [0.2, 0.25) is 0 Å². The summed E-state index contributed by atoms with van der Waals surface area (Å²) >= 11 is 0. The molecule has 0 radical (unpaired) electrons. The second kappa shape index (κ2) is 9.31. The summed E-state index contributed by atoms with van der Waals surface area (Å²) in [5, 5.41) is 0. The molecule has 0 aromatic heterocycles. The summed E-state index contributed by atoms with van der Waals surface area (Å²) in [6, 6.07) is 0. The van der Waals surface area contributed by atoms with Crippen LogP contribution < -0.4 is 0 Å². The van der Waals surface area contributed by atoms with Gasteiger partial charge in [-0.2, -0.15) is 0 Å². The molecule has 0 aliphatic heterocycles. The third kappa shape index (κ3) is 10.8. The highest BCUT2D eigenvalue weighted by atomic mass is 16.7. The predicted molar refractivity (Wildman–Crippen MR) is 89.6 cm³/mol. The first-order valence-corrected chi connectivity index (χ1v) is 8.02. The quantitative estimate of drug-likeness (QED) is 0.275. The molecule has 0 aliphatic rings. The number of allylic oxidation sites excluding steroid dienone is 1. The lowest BCUT2D eigenvalue weighted by atomic mass is 9.84. The summed E-state index contributed by atoms with van der Waals surface area (Å²) in [4.78, 5) is 12.4. The lowest BCUT2D eigenvalue weighted by Gasteiger charge is -2.29. The number of hydrogen-bond acceptors (Lipinski definition) is 4. The van der Waals surface area contributed by atoms with Crippen molar-refractivity contribution in [3.8, 4) is 0 Å². The van der Waals surface area contributed by atoms with Gasteiger partial charge in [-0.3, -0.25) is 4.79 Å². The molecule has 1 atom stereocenters. The summed E-state index contributed by atoms with van der Waals surface area (Å²) in [7, 11) is 0. The highest BCUT2D eigenvalue weighted by Crippen LogP contribution is 2.27. The van der Waals surface area contributed by atoms with Gasteiger partial charge in [0, 0.05) is 0 Å². The Hall–Kier alpha value is -0.870. The summed E-state index contributed by atoms with van der Waals surface area (Å²) in [6.07, 6.45) is 4.68. The Morgan fingerprint density at radius 3 is 2.18 bits per heavy atom. The molecule has 0 rings (SSSR count). The van der Waals surface area contributed by atoms with Crippen molar-refractivity contribution in [2.24, 2.45) is 11.3 Å². The van der Waals surface area contributed by atoms with Gasteiger partial charge >= 0.3 is 5.97 Å². The van der Waals surface area contributed by atoms with Gasteiger partial charge in [-0.05, 0) is 46.5 Å². The molecule has 0 N–H and O–H groups in total. The van der Waals surface area contributed by atoms with E-state index < -0.39 is 5.60 Å². The molecule has 0 fully saturated rings. The van der Waals surface area contributed by atoms with Crippen molar-refractivity contribution in [1.29, 1.82) is 0 Å². The molecule has 0 heterocycles. The van der Waals surface area contributed by atoms with Crippen LogP contribution in [0.5, 0.6) is 0 Å². The molecular formula is C18H34O4. The van der Waals surface area contributed by atoms with Crippen molar-refractivity contribution in [3.63, 3.8) is 0 Å². The van der Waals surface area contributed by atoms with E-state index in [-0.39, 0.29) is 30.2 Å². The van der Waals surface area contributed by atoms with Crippen LogP contribution in [0, 0.1) is 11.3 Å². The fourth-order valence-electron chi connectivity index (χ4n) is 1.97. The van der Waals surface area contributed by atoms with Crippen molar-refractivity contribution < 1.29 is 19.0 Å². The summed E-state index contributed by atoms with van der Waals surface area (Å²) < 4.78 is 16.4. The third-order valence-corrected chi connectivity index (χ3v) is 2.87. The van der Waals surface area contributed by atoms with E-state index in [1.807, 2.05) is 46.8 Å². The van der Waals surface area contributed by atoms with E-state index in [1.54, 1.807) is 0 Å². The fraction of sp³-hybridized carbons (Fsp3) is 0.833. The summed E-state index contributed by atoms with van der Waals surface area (Å²) in [6.45, 7) is 16.4. The Balaban J connectivity index is 4.49. The van der Waals surface area contributed by atoms with Crippen LogP contribution in [0.25, 0.3) is 0 Å². The SMILES string of the molecule is CC=CC(CC(C)(C)C)C(=O)OC(C)(C)COCOC(C)C. The molecule has 0 amide bonds. The monoisotopic (exact) mass is 314 g/mol. The zero-order chi connectivity index (χ0) is 17.4. The summed E-state index contributed by atoms with van der Waals surface area (Å²) in [5.41, 5.74) is -0.607. The number of esters is 1. The zero-order valence-electron chi connectivity index (χ0n) is 15.6. The van der Waals surface area contributed by atoms with E-state index in [0.29, 0.717) is 6.61 Å². The summed E-state index contributed by atoms with van der Waals surface area (Å²) in [5.74, 6) is -0.428. The molecular weight excluding hydrogens is 280 g/mol. The van der Waals surface area contributed by atoms with Gasteiger partial charge in [0.1, 0.15) is 12.4 Å². The van der Waals surface area contributed by atoms with Crippen LogP contribution in [-0.2, 0) is 19.0 Å². The van der Waals surface area contributed by atoms with Gasteiger partial charge in [0.25, 0.3) is 0 Å². The number of ether oxygens (including phenoxy) is 3. The molecule has 0 spiro atoms. The first-order chi connectivity index (χ1) is 9.97. The average molecular weight is 314 g/mol. The van der Waals surface area contributed by atoms with Crippen molar-refractivity contribution in [1.82, 2.24) is 0 Å². The Kier molecular flexibility index (Phi) is 8.94. The molecule has 1 unspecified atom stereocenters. The minimum Gasteiger partial charge on any atom is -0.457 e. The number of rotatable bonds is 9. The van der Waals surface area contributed by atoms with E-state index in [0.717, 1.165) is 6.42 Å². The van der Waals surface area contributed by atoms with Gasteiger partial charge in [-0.25, -0.2) is 0 Å². The molecule has 0 saturated carbocycles. The Labute approximate surface area is 136 Å². The topological polar surface area (TPSA) is 44.8 Å². The highest BCUT2D eigenvalue weighted by Gasteiger charge is 2.29. The molecule has 22 heavy (non-hydrogen) atoms. The number of carbonyl (C=O) groups is 1. The Morgan fingerprint density at radius 1 is 1.14 bits per heavy atom. The predicted octanol–water partition coefficient (Wildman–Crippen LogP) is 4.34. The van der Waals surface area contributed by atoms with Crippen molar-refractivity contribution >= 4 is 5.97 Å². The first-order valence-electron chi connectivity index (χ1n) is 8.02. The Bertz CT molecular complexity index is 351. The smallest absolute Gasteiger partial charge is 0.313 e. The van der Waals surface area contributed by atoms with E-state index in [4.69, 9.17) is 14.2 Å². The van der Waals surface area contributed by atoms with E-state index in [9.17, 15) is 4.79 Å². The molecule has 0 aromatic rings. The van der Waals surface area contributed by atoms with E-state index in [2.05, 4.69) is 20.8 Å². The molecule has 0 bridgehead atoms. The van der Waals surface area contributed by atoms with Crippen LogP contribution in [0.4, 0.5) is 0 Å². The van der Waals surface area contributed by atoms with E-state index in [1.165, 1.54) is 0 Å². The van der Waals surface area contributed by atoms with Crippen LogP contribution >= 0.6 is 0 Å². The zero-order valence-corrected chi connectivity index (χ0v) is 15.6. The molecule has 4 nitrogen and oxygen atoms in total. The maximum atomic E-state index is 12.4. The van der Waals surface area contributed by atoms with Gasteiger partial charge in [-0.15, -0.1) is 0 Å². The van der Waals surface area contributed by atoms with Crippen molar-refractivity contribution in [2.45, 2.75) is 73.5 Å². The third-order valence-electron chi connectivity index (χ3n) is 2.87. The average Bonchev–Trinajstić information content (AvgIpc) is 2.32. The minimum atomic E-state index is -0.671. The number of hydrogen-bond donors (Lipinski definition) is 0. The standard InChI is InChI=1S/C18H34O4/c1-9-10-15(11-17(4,5)6)16(19)22-18(7,8)12-20-13-21-14(2)3/h9-10,14-15H,11-13H2,1-8H3. The van der Waals surface area contributed by atoms with Crippen LogP contribution in [0.1, 0.15) is 61.8 Å². The highest BCUT2D eigenvalue weighted by molar-refractivity contribution is 5.75. The van der Waals surface area contributed by atoms with Crippen LogP contribution in [0.15, 0.2) is 12.2 Å². The second-order valence-electron chi connectivity index (χ2n) is 7.76. The van der Waals surface area contributed by atoms with Crippen molar-refractivity contribution in [3.05, 3.63) is 12.2 Å². The van der Waals surface area contributed by atoms with E-state index >= 15 is 0 Å². The van der Waals surface area contributed by atoms with Gasteiger partial charge in [0.15, 0.2) is 0 Å². The van der Waals surface area contributed by atoms with Gasteiger partial charge in [0.2, 0.25) is 0 Å². The molecule has 0 saturated heterocycles. The second-order valence-corrected chi connectivity index (χ2v) is 7.76. The minimum absolute atomic E-state index is 0.0644. The van der Waals surface area contributed by atoms with Crippen molar-refractivity contribution in [2.75, 3.05) is 13.4 Å². The normalized spacial score (nSPS) is 14.6. The van der Waals surface area contributed by atoms with Gasteiger partial charge < -0.3 is 14.2 Å². The lowest BCUT2D eigenvalue weighted by Crippen LogP contribution is -2.36. The lowest BCUT2D eigenvalue weighted by molar-refractivity contribution is -0.173. The fourth-order valence-corrected chi connectivity index (χ4v) is 1.97. The number of carbonyl (C=O) groups excluding carboxylic acids is 1. The molecule has 0 aliphatic carbocycles. The first kappa shape index (κ1) is 21.1. The molecule has 130 valence electrons. The van der Waals surface area contributed by atoms with Crippen LogP contribution in [0.3, 0.4) is 0 Å². The largest absolute Gasteiger partial charge is 0.457 e. The maximum absolute atomic E-state index is 12.4. The van der Waals surface area contributed by atoms with Crippen LogP contribution in [-0.4, -0.2) is 31.1 Å². The van der Waals surface area contributed by atoms with Gasteiger partial charge in [0.05, 0.1) is 18.6 Å². The molecule has 4 heteroatoms. The maximum Gasteiger partial charge on any atom is 0.313 e. The van der Waals surface area contributed by atoms with Gasteiger partial charge in [-0.1, -0.05) is 32.9 Å².